The first-order chi connectivity index (χ1) is 13.6. The summed E-state index contributed by atoms with van der Waals surface area (Å²) < 4.78 is 11.1. The molecule has 0 bridgehead atoms. The zero-order chi connectivity index (χ0) is 19.5. The molecule has 0 spiro atoms. The minimum absolute atomic E-state index is 0.0971. The van der Waals surface area contributed by atoms with E-state index in [0.717, 1.165) is 37.4 Å². The summed E-state index contributed by atoms with van der Waals surface area (Å²) in [6.45, 7) is 5.14. The molecular formula is C21H24ClN3O3. The second-order valence-corrected chi connectivity index (χ2v) is 7.57. The quantitative estimate of drug-likeness (QED) is 0.853. The van der Waals surface area contributed by atoms with Crippen LogP contribution < -0.4 is 19.7 Å². The Morgan fingerprint density at radius 3 is 2.54 bits per heavy atom. The van der Waals surface area contributed by atoms with Crippen LogP contribution in [0.5, 0.6) is 11.5 Å². The molecule has 148 valence electrons. The summed E-state index contributed by atoms with van der Waals surface area (Å²) in [7, 11) is 2.14. The molecule has 2 aliphatic rings. The summed E-state index contributed by atoms with van der Waals surface area (Å²) in [5.41, 5.74) is 2.76. The molecule has 0 radical (unpaired) electrons. The molecule has 0 atom stereocenters. The summed E-state index contributed by atoms with van der Waals surface area (Å²) in [6, 6.07) is 11.6. The average molecular weight is 402 g/mol. The summed E-state index contributed by atoms with van der Waals surface area (Å²) in [5.74, 6) is 1.05. The van der Waals surface area contributed by atoms with Crippen LogP contribution in [0.1, 0.15) is 5.56 Å². The average Bonchev–Trinajstić information content (AvgIpc) is 2.69. The highest BCUT2D eigenvalue weighted by molar-refractivity contribution is 6.32. The summed E-state index contributed by atoms with van der Waals surface area (Å²) in [4.78, 5) is 17.1. The predicted molar refractivity (Wildman–Crippen MR) is 111 cm³/mol. The van der Waals surface area contributed by atoms with E-state index in [-0.39, 0.29) is 12.3 Å². The van der Waals surface area contributed by atoms with Gasteiger partial charge in [-0.25, -0.2) is 0 Å². The highest BCUT2D eigenvalue weighted by atomic mass is 35.5. The van der Waals surface area contributed by atoms with Crippen molar-refractivity contribution in [2.45, 2.75) is 6.42 Å². The fourth-order valence-corrected chi connectivity index (χ4v) is 3.76. The van der Waals surface area contributed by atoms with E-state index in [1.54, 1.807) is 6.07 Å². The van der Waals surface area contributed by atoms with Crippen LogP contribution in [0.2, 0.25) is 5.02 Å². The number of nitrogens with zero attached hydrogens (tertiary/aromatic N) is 2. The smallest absolute Gasteiger partial charge is 0.228 e. The Morgan fingerprint density at radius 2 is 1.79 bits per heavy atom. The topological polar surface area (TPSA) is 54.0 Å². The van der Waals surface area contributed by atoms with Gasteiger partial charge in [0.25, 0.3) is 0 Å². The van der Waals surface area contributed by atoms with Crippen LogP contribution in [0.15, 0.2) is 36.4 Å². The lowest BCUT2D eigenvalue weighted by Crippen LogP contribution is -2.44. The van der Waals surface area contributed by atoms with E-state index in [0.29, 0.717) is 29.7 Å². The number of nitrogens with one attached hydrogen (secondary N) is 1. The first-order valence-corrected chi connectivity index (χ1v) is 9.88. The van der Waals surface area contributed by atoms with Gasteiger partial charge in [-0.1, -0.05) is 11.6 Å². The number of benzene rings is 2. The van der Waals surface area contributed by atoms with Crippen molar-refractivity contribution in [3.63, 3.8) is 0 Å². The standard InChI is InChI=1S/C21H24ClN3O3/c1-24-6-8-25(9-7-24)17-4-2-16(3-5-17)23-20(26)14-15-12-18(22)21-19(13-15)27-10-11-28-21/h2-5,12-13H,6-11,14H2,1H3,(H,23,26). The van der Waals surface area contributed by atoms with Gasteiger partial charge in [0.2, 0.25) is 5.91 Å². The van der Waals surface area contributed by atoms with Gasteiger partial charge in [0.05, 0.1) is 11.4 Å². The van der Waals surface area contributed by atoms with Crippen LogP contribution in [-0.2, 0) is 11.2 Å². The molecule has 0 unspecified atom stereocenters. The maximum absolute atomic E-state index is 12.4. The van der Waals surface area contributed by atoms with Crippen molar-refractivity contribution < 1.29 is 14.3 Å². The highest BCUT2D eigenvalue weighted by Crippen LogP contribution is 2.38. The number of ether oxygens (including phenoxy) is 2. The van der Waals surface area contributed by atoms with Crippen LogP contribution in [0.4, 0.5) is 11.4 Å². The molecule has 1 N–H and O–H groups in total. The van der Waals surface area contributed by atoms with Gasteiger partial charge >= 0.3 is 0 Å². The van der Waals surface area contributed by atoms with Crippen molar-refractivity contribution in [1.82, 2.24) is 4.90 Å². The molecule has 0 saturated carbocycles. The van der Waals surface area contributed by atoms with E-state index in [9.17, 15) is 4.79 Å². The summed E-state index contributed by atoms with van der Waals surface area (Å²) in [5, 5.41) is 3.42. The summed E-state index contributed by atoms with van der Waals surface area (Å²) in [6.07, 6.45) is 0.219. The monoisotopic (exact) mass is 401 g/mol. The van der Waals surface area contributed by atoms with Crippen LogP contribution in [-0.4, -0.2) is 57.2 Å². The number of halogens is 1. The maximum Gasteiger partial charge on any atom is 0.228 e. The molecule has 0 aromatic heterocycles. The van der Waals surface area contributed by atoms with Crippen molar-refractivity contribution >= 4 is 28.9 Å². The predicted octanol–water partition coefficient (Wildman–Crippen LogP) is 3.04. The van der Waals surface area contributed by atoms with Gasteiger partial charge < -0.3 is 24.6 Å². The van der Waals surface area contributed by atoms with Crippen molar-refractivity contribution in [2.75, 3.05) is 56.7 Å². The largest absolute Gasteiger partial charge is 0.486 e. The fourth-order valence-electron chi connectivity index (χ4n) is 3.48. The lowest BCUT2D eigenvalue weighted by molar-refractivity contribution is -0.115. The normalized spacial score (nSPS) is 16.7. The third-order valence-corrected chi connectivity index (χ3v) is 5.32. The van der Waals surface area contributed by atoms with Gasteiger partial charge in [-0.2, -0.15) is 0 Å². The van der Waals surface area contributed by atoms with E-state index in [1.165, 1.54) is 5.69 Å². The Hall–Kier alpha value is -2.44. The summed E-state index contributed by atoms with van der Waals surface area (Å²) >= 11 is 6.25. The van der Waals surface area contributed by atoms with E-state index < -0.39 is 0 Å². The van der Waals surface area contributed by atoms with Gasteiger partial charge in [0, 0.05) is 37.6 Å². The van der Waals surface area contributed by atoms with Gasteiger partial charge in [0.1, 0.15) is 13.2 Å². The van der Waals surface area contributed by atoms with Gasteiger partial charge in [-0.3, -0.25) is 4.79 Å². The molecule has 2 aromatic rings. The van der Waals surface area contributed by atoms with Gasteiger partial charge in [-0.15, -0.1) is 0 Å². The van der Waals surface area contributed by atoms with Crippen LogP contribution in [0, 0.1) is 0 Å². The molecule has 0 aliphatic carbocycles. The van der Waals surface area contributed by atoms with Crippen molar-refractivity contribution in [3.8, 4) is 11.5 Å². The number of hydrogen-bond acceptors (Lipinski definition) is 5. The number of fused-ring (bicyclic) bond motifs is 1. The minimum Gasteiger partial charge on any atom is -0.486 e. The lowest BCUT2D eigenvalue weighted by Gasteiger charge is -2.34. The maximum atomic E-state index is 12.4. The van der Waals surface area contributed by atoms with Gasteiger partial charge in [-0.05, 0) is 49.0 Å². The first kappa shape index (κ1) is 18.9. The third kappa shape index (κ3) is 4.34. The molecule has 2 aliphatic heterocycles. The molecule has 1 fully saturated rings. The minimum atomic E-state index is -0.0971. The molecule has 2 heterocycles. The van der Waals surface area contributed by atoms with E-state index in [2.05, 4.69) is 34.3 Å². The second kappa shape index (κ2) is 8.29. The fraction of sp³-hybridized carbons (Fsp3) is 0.381. The highest BCUT2D eigenvalue weighted by Gasteiger charge is 2.18. The Bertz CT molecular complexity index is 849. The van der Waals surface area contributed by atoms with Crippen LogP contribution in [0.3, 0.4) is 0 Å². The molecular weight excluding hydrogens is 378 g/mol. The molecule has 6 nitrogen and oxygen atoms in total. The number of amides is 1. The number of anilines is 2. The van der Waals surface area contributed by atoms with Gasteiger partial charge in [0.15, 0.2) is 11.5 Å². The molecule has 28 heavy (non-hydrogen) atoms. The number of carbonyl (C=O) groups excluding carboxylic acids is 1. The van der Waals surface area contributed by atoms with E-state index >= 15 is 0 Å². The van der Waals surface area contributed by atoms with E-state index in [4.69, 9.17) is 21.1 Å². The third-order valence-electron chi connectivity index (χ3n) is 5.04. The lowest BCUT2D eigenvalue weighted by atomic mass is 10.1. The Balaban J connectivity index is 1.37. The molecule has 1 saturated heterocycles. The van der Waals surface area contributed by atoms with Crippen molar-refractivity contribution in [1.29, 1.82) is 0 Å². The number of piperazine rings is 1. The van der Waals surface area contributed by atoms with Crippen LogP contribution >= 0.6 is 11.6 Å². The number of likely N-dealkylation sites (N-methyl/N-ethyl adjacent to an activating group) is 1. The first-order valence-electron chi connectivity index (χ1n) is 9.50. The molecule has 1 amide bonds. The Morgan fingerprint density at radius 1 is 1.07 bits per heavy atom. The second-order valence-electron chi connectivity index (χ2n) is 7.16. The number of rotatable bonds is 4. The number of hydrogen-bond donors (Lipinski definition) is 1. The zero-order valence-corrected chi connectivity index (χ0v) is 16.7. The Kier molecular flexibility index (Phi) is 5.59. The van der Waals surface area contributed by atoms with Crippen molar-refractivity contribution in [3.05, 3.63) is 47.0 Å². The number of carbonyl (C=O) groups is 1. The van der Waals surface area contributed by atoms with Crippen LogP contribution in [0.25, 0.3) is 0 Å². The SMILES string of the molecule is CN1CCN(c2ccc(NC(=O)Cc3cc(Cl)c4c(c3)OCCO4)cc2)CC1. The zero-order valence-electron chi connectivity index (χ0n) is 15.9. The molecule has 7 heteroatoms. The Labute approximate surface area is 170 Å². The van der Waals surface area contributed by atoms with Crippen molar-refractivity contribution in [2.24, 2.45) is 0 Å². The molecule has 4 rings (SSSR count). The van der Waals surface area contributed by atoms with E-state index in [1.807, 2.05) is 18.2 Å². The molecule has 2 aromatic carbocycles.